The van der Waals surface area contributed by atoms with Crippen LogP contribution < -0.4 is 10.1 Å². The quantitative estimate of drug-likeness (QED) is 0.817. The number of carbonyl (C=O) groups excluding carboxylic acids is 2. The molecule has 8 nitrogen and oxygen atoms in total. The molecule has 3 rings (SSSR count). The van der Waals surface area contributed by atoms with E-state index in [0.29, 0.717) is 49.3 Å². The second-order valence-corrected chi connectivity index (χ2v) is 5.94. The van der Waals surface area contributed by atoms with Gasteiger partial charge < -0.3 is 19.9 Å². The lowest BCUT2D eigenvalue weighted by molar-refractivity contribution is -0.119. The van der Waals surface area contributed by atoms with Gasteiger partial charge in [0.1, 0.15) is 23.1 Å². The van der Waals surface area contributed by atoms with Crippen LogP contribution in [0, 0.1) is 6.92 Å². The molecule has 1 N–H and O–H groups in total. The first-order valence-electron chi connectivity index (χ1n) is 8.35. The summed E-state index contributed by atoms with van der Waals surface area (Å²) in [6, 6.07) is 9.11. The van der Waals surface area contributed by atoms with E-state index in [4.69, 9.17) is 4.74 Å². The molecule has 1 aliphatic rings. The summed E-state index contributed by atoms with van der Waals surface area (Å²) in [5.74, 6) is 1.54. The number of amides is 2. The van der Waals surface area contributed by atoms with Crippen LogP contribution in [-0.4, -0.2) is 65.4 Å². The summed E-state index contributed by atoms with van der Waals surface area (Å²) in [5.41, 5.74) is 1.08. The minimum absolute atomic E-state index is 0.163. The van der Waals surface area contributed by atoms with Gasteiger partial charge in [0, 0.05) is 32.2 Å². The molecule has 0 unspecified atom stereocenters. The van der Waals surface area contributed by atoms with Gasteiger partial charge >= 0.3 is 0 Å². The van der Waals surface area contributed by atoms with Gasteiger partial charge in [0.2, 0.25) is 6.41 Å². The fourth-order valence-electron chi connectivity index (χ4n) is 2.82. The summed E-state index contributed by atoms with van der Waals surface area (Å²) in [6.07, 6.45) is 0.811. The highest BCUT2D eigenvalue weighted by atomic mass is 16.5. The number of aryl methyl sites for hydroxylation is 1. The summed E-state index contributed by atoms with van der Waals surface area (Å²) in [6.45, 7) is 3.80. The monoisotopic (exact) mass is 355 g/mol. The fraction of sp³-hybridized carbons (Fsp3) is 0.333. The van der Waals surface area contributed by atoms with Crippen molar-refractivity contribution in [3.63, 3.8) is 0 Å². The second kappa shape index (κ2) is 7.81. The summed E-state index contributed by atoms with van der Waals surface area (Å²) in [5, 5.41) is 3.18. The van der Waals surface area contributed by atoms with Crippen LogP contribution in [0.1, 0.15) is 16.3 Å². The number of rotatable bonds is 5. The zero-order valence-electron chi connectivity index (χ0n) is 14.8. The second-order valence-electron chi connectivity index (χ2n) is 5.94. The Labute approximate surface area is 151 Å². The van der Waals surface area contributed by atoms with E-state index in [-0.39, 0.29) is 5.91 Å². The van der Waals surface area contributed by atoms with Crippen molar-refractivity contribution >= 4 is 23.8 Å². The Bertz CT molecular complexity index is 803. The first-order valence-corrected chi connectivity index (χ1v) is 8.35. The maximum absolute atomic E-state index is 12.8. The Balaban J connectivity index is 1.79. The van der Waals surface area contributed by atoms with Crippen molar-refractivity contribution in [2.45, 2.75) is 6.92 Å². The third kappa shape index (κ3) is 3.90. The number of carbonyl (C=O) groups is 2. The topological polar surface area (TPSA) is 87.7 Å². The molecule has 0 atom stereocenters. The van der Waals surface area contributed by atoms with Crippen molar-refractivity contribution < 1.29 is 14.3 Å². The number of aromatic nitrogens is 2. The third-order valence-corrected chi connectivity index (χ3v) is 4.18. The number of methoxy groups -OCH3 is 1. The molecule has 136 valence electrons. The smallest absolute Gasteiger partial charge is 0.272 e. The minimum Gasteiger partial charge on any atom is -0.495 e. The SMILES string of the molecule is COc1ccccc1Nc1cc(C(=O)N2CCN(C=O)CC2)nc(C)n1. The molecule has 0 radical (unpaired) electrons. The van der Waals surface area contributed by atoms with Gasteiger partial charge in [0.15, 0.2) is 0 Å². The number of anilines is 2. The molecule has 0 spiro atoms. The van der Waals surface area contributed by atoms with E-state index in [0.717, 1.165) is 12.1 Å². The van der Waals surface area contributed by atoms with E-state index in [1.807, 2.05) is 24.3 Å². The van der Waals surface area contributed by atoms with Gasteiger partial charge in [-0.3, -0.25) is 9.59 Å². The van der Waals surface area contributed by atoms with Crippen molar-refractivity contribution in [1.29, 1.82) is 0 Å². The number of para-hydroxylation sites is 2. The summed E-state index contributed by atoms with van der Waals surface area (Å²) in [7, 11) is 1.60. The Morgan fingerprint density at radius 3 is 2.62 bits per heavy atom. The predicted molar refractivity (Wildman–Crippen MR) is 96.6 cm³/mol. The Morgan fingerprint density at radius 1 is 1.19 bits per heavy atom. The molecule has 2 amide bonds. The largest absolute Gasteiger partial charge is 0.495 e. The van der Waals surface area contributed by atoms with E-state index in [1.54, 1.807) is 29.9 Å². The molecule has 8 heteroatoms. The summed E-state index contributed by atoms with van der Waals surface area (Å²) < 4.78 is 5.33. The molecule has 0 aliphatic carbocycles. The van der Waals surface area contributed by atoms with Crippen LogP contribution in [0.4, 0.5) is 11.5 Å². The van der Waals surface area contributed by atoms with Crippen LogP contribution in [0.15, 0.2) is 30.3 Å². The first-order chi connectivity index (χ1) is 12.6. The fourth-order valence-corrected chi connectivity index (χ4v) is 2.82. The summed E-state index contributed by atoms with van der Waals surface area (Å²) in [4.78, 5) is 35.5. The van der Waals surface area contributed by atoms with Crippen molar-refractivity contribution in [2.75, 3.05) is 38.6 Å². The van der Waals surface area contributed by atoms with Crippen LogP contribution >= 0.6 is 0 Å². The predicted octanol–water partition coefficient (Wildman–Crippen LogP) is 1.45. The van der Waals surface area contributed by atoms with Gasteiger partial charge in [-0.15, -0.1) is 0 Å². The zero-order valence-corrected chi connectivity index (χ0v) is 14.8. The van der Waals surface area contributed by atoms with E-state index in [9.17, 15) is 9.59 Å². The van der Waals surface area contributed by atoms with Crippen LogP contribution in [-0.2, 0) is 4.79 Å². The first kappa shape index (κ1) is 17.7. The van der Waals surface area contributed by atoms with Crippen LogP contribution in [0.2, 0.25) is 0 Å². The highest BCUT2D eigenvalue weighted by Crippen LogP contribution is 2.26. The number of ether oxygens (including phenoxy) is 1. The average molecular weight is 355 g/mol. The number of piperazine rings is 1. The van der Waals surface area contributed by atoms with Crippen molar-refractivity contribution in [3.05, 3.63) is 41.9 Å². The molecule has 2 aromatic rings. The zero-order chi connectivity index (χ0) is 18.5. The maximum Gasteiger partial charge on any atom is 0.272 e. The Hall–Kier alpha value is -3.16. The average Bonchev–Trinajstić information content (AvgIpc) is 2.67. The van der Waals surface area contributed by atoms with E-state index in [1.165, 1.54) is 0 Å². The molecule has 1 aliphatic heterocycles. The van der Waals surface area contributed by atoms with Crippen molar-refractivity contribution in [2.24, 2.45) is 0 Å². The Morgan fingerprint density at radius 2 is 1.92 bits per heavy atom. The molecular weight excluding hydrogens is 334 g/mol. The number of nitrogens with one attached hydrogen (secondary N) is 1. The third-order valence-electron chi connectivity index (χ3n) is 4.18. The normalized spacial score (nSPS) is 14.1. The van der Waals surface area contributed by atoms with E-state index < -0.39 is 0 Å². The van der Waals surface area contributed by atoms with Gasteiger partial charge in [0.05, 0.1) is 12.8 Å². The molecule has 2 heterocycles. The molecule has 1 aromatic heterocycles. The molecular formula is C18H21N5O3. The highest BCUT2D eigenvalue weighted by molar-refractivity contribution is 5.93. The number of nitrogens with zero attached hydrogens (tertiary/aromatic N) is 4. The number of benzene rings is 1. The number of hydrogen-bond acceptors (Lipinski definition) is 6. The highest BCUT2D eigenvalue weighted by Gasteiger charge is 2.23. The van der Waals surface area contributed by atoms with E-state index in [2.05, 4.69) is 15.3 Å². The standard InChI is InChI=1S/C18H21N5O3/c1-13-19-15(18(25)23-9-7-22(12-24)8-10-23)11-17(20-13)21-14-5-3-4-6-16(14)26-2/h3-6,11-12H,7-10H2,1-2H3,(H,19,20,21). The summed E-state index contributed by atoms with van der Waals surface area (Å²) >= 11 is 0. The van der Waals surface area contributed by atoms with Gasteiger partial charge in [-0.05, 0) is 19.1 Å². The minimum atomic E-state index is -0.163. The van der Waals surface area contributed by atoms with E-state index >= 15 is 0 Å². The van der Waals surface area contributed by atoms with Crippen molar-refractivity contribution in [1.82, 2.24) is 19.8 Å². The molecule has 0 saturated carbocycles. The molecule has 26 heavy (non-hydrogen) atoms. The lowest BCUT2D eigenvalue weighted by Gasteiger charge is -2.32. The van der Waals surface area contributed by atoms with Crippen LogP contribution in [0.5, 0.6) is 5.75 Å². The van der Waals surface area contributed by atoms with Gasteiger partial charge in [-0.2, -0.15) is 0 Å². The maximum atomic E-state index is 12.8. The van der Waals surface area contributed by atoms with Crippen molar-refractivity contribution in [3.8, 4) is 5.75 Å². The van der Waals surface area contributed by atoms with Crippen LogP contribution in [0.25, 0.3) is 0 Å². The molecule has 1 saturated heterocycles. The lowest BCUT2D eigenvalue weighted by Crippen LogP contribution is -2.48. The molecule has 1 aromatic carbocycles. The van der Waals surface area contributed by atoms with Crippen LogP contribution in [0.3, 0.4) is 0 Å². The van der Waals surface area contributed by atoms with Gasteiger partial charge in [-0.25, -0.2) is 9.97 Å². The lowest BCUT2D eigenvalue weighted by atomic mass is 10.2. The van der Waals surface area contributed by atoms with Gasteiger partial charge in [-0.1, -0.05) is 12.1 Å². The Kier molecular flexibility index (Phi) is 5.31. The van der Waals surface area contributed by atoms with Gasteiger partial charge in [0.25, 0.3) is 5.91 Å². The molecule has 1 fully saturated rings. The molecule has 0 bridgehead atoms. The number of hydrogen-bond donors (Lipinski definition) is 1.